The maximum atomic E-state index is 12.9. The number of hydrogen-bond donors (Lipinski definition) is 1. The van der Waals surface area contributed by atoms with Gasteiger partial charge >= 0.3 is 0 Å². The number of likely N-dealkylation sites (tertiary alicyclic amines) is 1. The van der Waals surface area contributed by atoms with Crippen molar-refractivity contribution in [1.29, 1.82) is 0 Å². The van der Waals surface area contributed by atoms with Crippen molar-refractivity contribution in [2.24, 2.45) is 11.8 Å². The second-order valence-electron chi connectivity index (χ2n) is 9.10. The maximum absolute atomic E-state index is 12.9. The molecule has 0 bridgehead atoms. The summed E-state index contributed by atoms with van der Waals surface area (Å²) in [5.74, 6) is 1.89. The SMILES string of the molecule is O=C1Cc2ncnn2Cc2cc(/C=C/C(=O)N3CC4C=C(c5ccccc5)CC4C3)cnc2N1. The standard InChI is InChI=1S/C26H24N6O2/c33-24-11-23-28-16-29-32(23)15-22-8-17(12-27-26(22)30-24)6-7-25(34)31-13-20-9-19(10-21(20)14-31)18-4-2-1-3-5-18/h1-9,12,16,20-21H,10-11,13-15H2,(H,27,30,33)/b7-6+. The van der Waals surface area contributed by atoms with E-state index in [0.29, 0.717) is 30.0 Å². The van der Waals surface area contributed by atoms with Gasteiger partial charge in [0.1, 0.15) is 18.0 Å². The predicted molar refractivity (Wildman–Crippen MR) is 127 cm³/mol. The van der Waals surface area contributed by atoms with Crippen LogP contribution in [-0.4, -0.2) is 49.6 Å². The number of aromatic nitrogens is 4. The fraction of sp³-hybridized carbons (Fsp3) is 0.269. The summed E-state index contributed by atoms with van der Waals surface area (Å²) in [7, 11) is 0. The lowest BCUT2D eigenvalue weighted by Crippen LogP contribution is -2.27. The van der Waals surface area contributed by atoms with E-state index < -0.39 is 0 Å². The fourth-order valence-corrected chi connectivity index (χ4v) is 5.12. The molecule has 8 heteroatoms. The molecule has 2 aromatic heterocycles. The Hall–Kier alpha value is -4.07. The summed E-state index contributed by atoms with van der Waals surface area (Å²) in [6.07, 6.45) is 10.1. The van der Waals surface area contributed by atoms with Crippen LogP contribution in [0, 0.1) is 11.8 Å². The van der Waals surface area contributed by atoms with E-state index in [1.807, 2.05) is 17.0 Å². The highest BCUT2D eigenvalue weighted by molar-refractivity contribution is 5.93. The number of amides is 2. The van der Waals surface area contributed by atoms with Gasteiger partial charge in [0.2, 0.25) is 11.8 Å². The Morgan fingerprint density at radius 2 is 2.03 bits per heavy atom. The monoisotopic (exact) mass is 452 g/mol. The summed E-state index contributed by atoms with van der Waals surface area (Å²) >= 11 is 0. The van der Waals surface area contributed by atoms with Gasteiger partial charge in [-0.3, -0.25) is 9.59 Å². The minimum Gasteiger partial charge on any atom is -0.338 e. The molecule has 1 aromatic carbocycles. The summed E-state index contributed by atoms with van der Waals surface area (Å²) < 4.78 is 1.71. The largest absolute Gasteiger partial charge is 0.338 e. The molecule has 2 atom stereocenters. The number of rotatable bonds is 3. The van der Waals surface area contributed by atoms with Gasteiger partial charge in [-0.05, 0) is 47.1 Å². The first-order valence-electron chi connectivity index (χ1n) is 11.5. The number of nitrogens with zero attached hydrogens (tertiary/aromatic N) is 5. The van der Waals surface area contributed by atoms with Crippen molar-refractivity contribution in [2.75, 3.05) is 18.4 Å². The molecule has 1 fully saturated rings. The molecule has 34 heavy (non-hydrogen) atoms. The maximum Gasteiger partial charge on any atom is 0.246 e. The number of nitrogens with one attached hydrogen (secondary N) is 1. The first-order valence-corrected chi connectivity index (χ1v) is 11.5. The van der Waals surface area contributed by atoms with E-state index in [-0.39, 0.29) is 18.2 Å². The van der Waals surface area contributed by atoms with Crippen molar-refractivity contribution in [1.82, 2.24) is 24.6 Å². The third-order valence-corrected chi connectivity index (χ3v) is 6.84. The molecule has 6 rings (SSSR count). The molecule has 3 aliphatic rings. The summed E-state index contributed by atoms with van der Waals surface area (Å²) in [4.78, 5) is 35.6. The van der Waals surface area contributed by atoms with Gasteiger partial charge in [0, 0.05) is 30.9 Å². The molecule has 0 radical (unpaired) electrons. The van der Waals surface area contributed by atoms with E-state index >= 15 is 0 Å². The second-order valence-corrected chi connectivity index (χ2v) is 9.10. The number of carbonyl (C=O) groups is 2. The summed E-state index contributed by atoms with van der Waals surface area (Å²) in [5.41, 5.74) is 4.31. The third kappa shape index (κ3) is 3.91. The minimum absolute atomic E-state index is 0.0164. The third-order valence-electron chi connectivity index (χ3n) is 6.84. The van der Waals surface area contributed by atoms with E-state index in [2.05, 4.69) is 50.7 Å². The number of anilines is 1. The number of allylic oxidation sites excluding steroid dienone is 1. The number of carbonyl (C=O) groups excluding carboxylic acids is 2. The lowest BCUT2D eigenvalue weighted by Gasteiger charge is -2.16. The first-order chi connectivity index (χ1) is 16.6. The van der Waals surface area contributed by atoms with Crippen LogP contribution in [0.15, 0.2) is 61.1 Å². The Bertz CT molecular complexity index is 1330. The molecule has 0 saturated carbocycles. The van der Waals surface area contributed by atoms with Gasteiger partial charge in [0.25, 0.3) is 0 Å². The Kier molecular flexibility index (Phi) is 5.05. The van der Waals surface area contributed by atoms with Crippen LogP contribution in [0.4, 0.5) is 5.82 Å². The number of benzene rings is 1. The van der Waals surface area contributed by atoms with Crippen LogP contribution in [0.25, 0.3) is 11.6 Å². The Morgan fingerprint density at radius 3 is 2.88 bits per heavy atom. The van der Waals surface area contributed by atoms with Crippen molar-refractivity contribution < 1.29 is 9.59 Å². The summed E-state index contributed by atoms with van der Waals surface area (Å²) in [6.45, 7) is 2.00. The first kappa shape index (κ1) is 20.5. The van der Waals surface area contributed by atoms with E-state index in [1.54, 1.807) is 23.0 Å². The average molecular weight is 453 g/mol. The van der Waals surface area contributed by atoms with Crippen LogP contribution in [0.1, 0.15) is 28.9 Å². The normalized spacial score (nSPS) is 21.4. The topological polar surface area (TPSA) is 93.0 Å². The van der Waals surface area contributed by atoms with Crippen molar-refractivity contribution in [2.45, 2.75) is 19.4 Å². The molecule has 1 aliphatic carbocycles. The quantitative estimate of drug-likeness (QED) is 0.617. The zero-order valence-electron chi connectivity index (χ0n) is 18.6. The van der Waals surface area contributed by atoms with Gasteiger partial charge in [-0.1, -0.05) is 36.4 Å². The van der Waals surface area contributed by atoms with Gasteiger partial charge in [0.05, 0.1) is 13.0 Å². The van der Waals surface area contributed by atoms with Crippen LogP contribution in [0.2, 0.25) is 0 Å². The van der Waals surface area contributed by atoms with Gasteiger partial charge in [0.15, 0.2) is 0 Å². The Labute approximate surface area is 197 Å². The van der Waals surface area contributed by atoms with E-state index in [0.717, 1.165) is 30.6 Å². The minimum atomic E-state index is -0.176. The Balaban J connectivity index is 1.14. The lowest BCUT2D eigenvalue weighted by molar-refractivity contribution is -0.125. The average Bonchev–Trinajstić information content (AvgIpc) is 3.54. The molecule has 1 N–H and O–H groups in total. The highest BCUT2D eigenvalue weighted by Crippen LogP contribution is 2.40. The molecule has 2 aliphatic heterocycles. The molecule has 3 aromatic rings. The molecular weight excluding hydrogens is 428 g/mol. The fourth-order valence-electron chi connectivity index (χ4n) is 5.12. The molecule has 1 saturated heterocycles. The molecule has 8 nitrogen and oxygen atoms in total. The predicted octanol–water partition coefficient (Wildman–Crippen LogP) is 2.79. The van der Waals surface area contributed by atoms with E-state index in [9.17, 15) is 9.59 Å². The van der Waals surface area contributed by atoms with Crippen molar-refractivity contribution >= 4 is 29.3 Å². The molecule has 4 heterocycles. The molecule has 2 unspecified atom stereocenters. The molecule has 2 amide bonds. The van der Waals surface area contributed by atoms with Crippen molar-refractivity contribution in [3.8, 4) is 0 Å². The summed E-state index contributed by atoms with van der Waals surface area (Å²) in [6, 6.07) is 12.4. The lowest BCUT2D eigenvalue weighted by atomic mass is 9.98. The van der Waals surface area contributed by atoms with Gasteiger partial charge in [-0.2, -0.15) is 5.10 Å². The van der Waals surface area contributed by atoms with Crippen LogP contribution >= 0.6 is 0 Å². The molecule has 170 valence electrons. The smallest absolute Gasteiger partial charge is 0.246 e. The van der Waals surface area contributed by atoms with Crippen molar-refractivity contribution in [3.05, 3.63) is 83.6 Å². The van der Waals surface area contributed by atoms with Gasteiger partial charge in [-0.15, -0.1) is 0 Å². The molecule has 0 spiro atoms. The number of hydrogen-bond acceptors (Lipinski definition) is 5. The zero-order chi connectivity index (χ0) is 23.1. The number of fused-ring (bicyclic) bond motifs is 3. The van der Waals surface area contributed by atoms with E-state index in [1.165, 1.54) is 17.5 Å². The summed E-state index contributed by atoms with van der Waals surface area (Å²) in [5, 5.41) is 7.05. The van der Waals surface area contributed by atoms with Crippen LogP contribution in [0.3, 0.4) is 0 Å². The highest BCUT2D eigenvalue weighted by atomic mass is 16.2. The van der Waals surface area contributed by atoms with Crippen LogP contribution < -0.4 is 5.32 Å². The molecular formula is C26H24N6O2. The van der Waals surface area contributed by atoms with Crippen molar-refractivity contribution in [3.63, 3.8) is 0 Å². The number of pyridine rings is 1. The highest BCUT2D eigenvalue weighted by Gasteiger charge is 2.37. The van der Waals surface area contributed by atoms with Gasteiger partial charge < -0.3 is 10.2 Å². The second kappa shape index (κ2) is 8.37. The Morgan fingerprint density at radius 1 is 1.15 bits per heavy atom. The van der Waals surface area contributed by atoms with Crippen LogP contribution in [-0.2, 0) is 22.6 Å². The van der Waals surface area contributed by atoms with E-state index in [4.69, 9.17) is 0 Å². The van der Waals surface area contributed by atoms with Gasteiger partial charge in [-0.25, -0.2) is 14.6 Å². The van der Waals surface area contributed by atoms with Crippen LogP contribution in [0.5, 0.6) is 0 Å². The zero-order valence-corrected chi connectivity index (χ0v) is 18.6.